The normalized spacial score (nSPS) is 10.3. The number of ketones is 1. The molecule has 110 valence electrons. The summed E-state index contributed by atoms with van der Waals surface area (Å²) < 4.78 is 10.3. The molecule has 0 aliphatic carbocycles. The van der Waals surface area contributed by atoms with Gasteiger partial charge in [0.25, 0.3) is 0 Å². The number of halogens is 2. The molecule has 2 aromatic rings. The zero-order chi connectivity index (χ0) is 15.6. The Kier molecular flexibility index (Phi) is 4.60. The molecular formula is C15H13Cl2NO3. The summed E-state index contributed by atoms with van der Waals surface area (Å²) >= 11 is 12.0. The quantitative estimate of drug-likeness (QED) is 0.685. The van der Waals surface area contributed by atoms with Crippen LogP contribution >= 0.6 is 23.2 Å². The van der Waals surface area contributed by atoms with Crippen molar-refractivity contribution in [1.82, 2.24) is 0 Å². The first-order valence-corrected chi connectivity index (χ1v) is 6.74. The number of nitrogen functional groups attached to an aromatic ring is 1. The summed E-state index contributed by atoms with van der Waals surface area (Å²) in [5.74, 6) is 0.552. The van der Waals surface area contributed by atoms with Crippen LogP contribution in [-0.4, -0.2) is 20.0 Å². The molecule has 0 saturated heterocycles. The topological polar surface area (TPSA) is 61.5 Å². The number of carbonyl (C=O) groups is 1. The molecule has 0 aromatic heterocycles. The van der Waals surface area contributed by atoms with Gasteiger partial charge in [-0.1, -0.05) is 23.2 Å². The Morgan fingerprint density at radius 3 is 2.19 bits per heavy atom. The van der Waals surface area contributed by atoms with Gasteiger partial charge in [0, 0.05) is 27.9 Å². The second-order valence-corrected chi connectivity index (χ2v) is 5.09. The fourth-order valence-corrected chi connectivity index (χ4v) is 2.33. The van der Waals surface area contributed by atoms with Crippen LogP contribution in [0.4, 0.5) is 5.69 Å². The number of anilines is 1. The van der Waals surface area contributed by atoms with Crippen molar-refractivity contribution >= 4 is 34.7 Å². The maximum Gasteiger partial charge on any atom is 0.196 e. The monoisotopic (exact) mass is 325 g/mol. The van der Waals surface area contributed by atoms with Crippen molar-refractivity contribution in [3.05, 3.63) is 51.5 Å². The molecule has 2 N–H and O–H groups in total. The molecule has 0 heterocycles. The Balaban J connectivity index is 2.53. The number of hydrogen-bond donors (Lipinski definition) is 1. The van der Waals surface area contributed by atoms with Gasteiger partial charge >= 0.3 is 0 Å². The van der Waals surface area contributed by atoms with Gasteiger partial charge in [-0.3, -0.25) is 4.79 Å². The number of carbonyl (C=O) groups excluding carboxylic acids is 1. The molecule has 2 rings (SSSR count). The van der Waals surface area contributed by atoms with E-state index in [0.717, 1.165) is 0 Å². The molecule has 0 atom stereocenters. The van der Waals surface area contributed by atoms with Crippen LogP contribution in [0.25, 0.3) is 0 Å². The lowest BCUT2D eigenvalue weighted by atomic mass is 10.0. The summed E-state index contributed by atoms with van der Waals surface area (Å²) in [6.45, 7) is 0. The summed E-state index contributed by atoms with van der Waals surface area (Å²) in [4.78, 5) is 12.6. The molecule has 2 aromatic carbocycles. The molecule has 4 nitrogen and oxygen atoms in total. The number of nitrogens with two attached hydrogens (primary N) is 1. The summed E-state index contributed by atoms with van der Waals surface area (Å²) in [6.07, 6.45) is 0. The van der Waals surface area contributed by atoms with Crippen LogP contribution in [0.5, 0.6) is 11.5 Å². The molecule has 0 amide bonds. The summed E-state index contributed by atoms with van der Waals surface area (Å²) in [7, 11) is 2.98. The molecule has 0 bridgehead atoms. The van der Waals surface area contributed by atoms with Crippen LogP contribution in [0.15, 0.2) is 30.3 Å². The van der Waals surface area contributed by atoms with Crippen LogP contribution in [-0.2, 0) is 0 Å². The lowest BCUT2D eigenvalue weighted by molar-refractivity contribution is 0.103. The highest BCUT2D eigenvalue weighted by atomic mass is 35.5. The van der Waals surface area contributed by atoms with Crippen molar-refractivity contribution < 1.29 is 14.3 Å². The summed E-state index contributed by atoms with van der Waals surface area (Å²) in [5, 5.41) is 0.717. The highest BCUT2D eigenvalue weighted by molar-refractivity contribution is 6.35. The Morgan fingerprint density at radius 1 is 1.00 bits per heavy atom. The minimum absolute atomic E-state index is 0.256. The highest BCUT2D eigenvalue weighted by Gasteiger charge is 2.19. The van der Waals surface area contributed by atoms with E-state index < -0.39 is 0 Å². The van der Waals surface area contributed by atoms with Crippen molar-refractivity contribution in [3.8, 4) is 11.5 Å². The fraction of sp³-hybridized carbons (Fsp3) is 0.133. The second kappa shape index (κ2) is 6.24. The number of hydrogen-bond acceptors (Lipinski definition) is 4. The van der Waals surface area contributed by atoms with Crippen molar-refractivity contribution in [3.63, 3.8) is 0 Å². The number of benzene rings is 2. The van der Waals surface area contributed by atoms with Gasteiger partial charge in [0.2, 0.25) is 0 Å². The van der Waals surface area contributed by atoms with Gasteiger partial charge in [-0.2, -0.15) is 0 Å². The van der Waals surface area contributed by atoms with Gasteiger partial charge in [-0.25, -0.2) is 0 Å². The average molecular weight is 326 g/mol. The van der Waals surface area contributed by atoms with Crippen LogP contribution in [0.3, 0.4) is 0 Å². The summed E-state index contributed by atoms with van der Waals surface area (Å²) in [6, 6.07) is 7.73. The lowest BCUT2D eigenvalue weighted by Crippen LogP contribution is -2.07. The predicted molar refractivity (Wildman–Crippen MR) is 83.9 cm³/mol. The van der Waals surface area contributed by atoms with Crippen molar-refractivity contribution in [1.29, 1.82) is 0 Å². The van der Waals surface area contributed by atoms with Crippen LogP contribution in [0, 0.1) is 0 Å². The van der Waals surface area contributed by atoms with Gasteiger partial charge in [-0.05, 0) is 24.3 Å². The molecular weight excluding hydrogens is 313 g/mol. The van der Waals surface area contributed by atoms with E-state index in [1.807, 2.05) is 0 Å². The Morgan fingerprint density at radius 2 is 1.62 bits per heavy atom. The van der Waals surface area contributed by atoms with E-state index in [-0.39, 0.29) is 16.4 Å². The maximum absolute atomic E-state index is 12.6. The average Bonchev–Trinajstić information content (AvgIpc) is 2.46. The van der Waals surface area contributed by atoms with E-state index in [0.29, 0.717) is 27.8 Å². The van der Waals surface area contributed by atoms with Gasteiger partial charge in [0.15, 0.2) is 17.3 Å². The van der Waals surface area contributed by atoms with E-state index >= 15 is 0 Å². The Labute approximate surface area is 132 Å². The Bertz CT molecular complexity index is 702. The molecule has 0 unspecified atom stereocenters. The molecule has 0 aliphatic heterocycles. The van der Waals surface area contributed by atoms with Crippen LogP contribution < -0.4 is 15.2 Å². The van der Waals surface area contributed by atoms with E-state index in [1.165, 1.54) is 32.4 Å². The van der Waals surface area contributed by atoms with Crippen molar-refractivity contribution in [2.45, 2.75) is 0 Å². The van der Waals surface area contributed by atoms with Gasteiger partial charge in [-0.15, -0.1) is 0 Å². The van der Waals surface area contributed by atoms with Crippen molar-refractivity contribution in [2.24, 2.45) is 0 Å². The number of methoxy groups -OCH3 is 2. The first-order valence-electron chi connectivity index (χ1n) is 5.99. The SMILES string of the molecule is COc1cc(Cl)c(C(=O)c2ccc(Cl)cc2N)cc1OC. The molecule has 0 fully saturated rings. The lowest BCUT2D eigenvalue weighted by Gasteiger charge is -2.12. The maximum atomic E-state index is 12.6. The van der Waals surface area contributed by atoms with E-state index in [1.54, 1.807) is 12.1 Å². The van der Waals surface area contributed by atoms with E-state index in [4.69, 9.17) is 38.4 Å². The van der Waals surface area contributed by atoms with Gasteiger partial charge in [0.1, 0.15) is 0 Å². The van der Waals surface area contributed by atoms with Gasteiger partial charge < -0.3 is 15.2 Å². The first kappa shape index (κ1) is 15.5. The third-order valence-electron chi connectivity index (χ3n) is 2.98. The van der Waals surface area contributed by atoms with Gasteiger partial charge in [0.05, 0.1) is 19.2 Å². The third kappa shape index (κ3) is 3.06. The molecule has 0 saturated carbocycles. The van der Waals surface area contributed by atoms with E-state index in [9.17, 15) is 4.79 Å². The second-order valence-electron chi connectivity index (χ2n) is 4.25. The smallest absolute Gasteiger partial charge is 0.196 e. The molecule has 6 heteroatoms. The predicted octanol–water partition coefficient (Wildman–Crippen LogP) is 3.82. The number of ether oxygens (including phenoxy) is 2. The zero-order valence-corrected chi connectivity index (χ0v) is 13.0. The Hall–Kier alpha value is -1.91. The zero-order valence-electron chi connectivity index (χ0n) is 11.4. The first-order chi connectivity index (χ1) is 9.97. The molecule has 0 aliphatic rings. The van der Waals surface area contributed by atoms with Crippen molar-refractivity contribution in [2.75, 3.05) is 20.0 Å². The van der Waals surface area contributed by atoms with E-state index in [2.05, 4.69) is 0 Å². The minimum Gasteiger partial charge on any atom is -0.493 e. The standard InChI is InChI=1S/C15H13Cl2NO3/c1-20-13-6-10(11(17)7-14(13)21-2)15(19)9-4-3-8(16)5-12(9)18/h3-7H,18H2,1-2H3. The molecule has 0 radical (unpaired) electrons. The van der Waals surface area contributed by atoms with Crippen LogP contribution in [0.1, 0.15) is 15.9 Å². The fourth-order valence-electron chi connectivity index (χ4n) is 1.91. The largest absolute Gasteiger partial charge is 0.493 e. The summed E-state index contributed by atoms with van der Waals surface area (Å²) in [5.41, 5.74) is 6.73. The minimum atomic E-state index is -0.310. The van der Waals surface area contributed by atoms with Crippen LogP contribution in [0.2, 0.25) is 10.0 Å². The number of rotatable bonds is 4. The molecule has 0 spiro atoms. The molecule has 21 heavy (non-hydrogen) atoms. The third-order valence-corrected chi connectivity index (χ3v) is 3.52. The highest BCUT2D eigenvalue weighted by Crippen LogP contribution is 2.34.